The number of nitrogens with zero attached hydrogens (tertiary/aromatic N) is 3. The van der Waals surface area contributed by atoms with Crippen LogP contribution < -0.4 is 9.46 Å². The number of carbonyl (C=O) groups excluding carboxylic acids is 1. The highest BCUT2D eigenvalue weighted by Gasteiger charge is 2.14. The van der Waals surface area contributed by atoms with Gasteiger partial charge in [0.25, 0.3) is 0 Å². The molecule has 0 spiro atoms. The van der Waals surface area contributed by atoms with Gasteiger partial charge in [0, 0.05) is 0 Å². The summed E-state index contributed by atoms with van der Waals surface area (Å²) in [5.41, 5.74) is 1.97. The number of hydrogen-bond acceptors (Lipinski definition) is 6. The largest absolute Gasteiger partial charge is 0.485 e. The summed E-state index contributed by atoms with van der Waals surface area (Å²) in [6.07, 6.45) is 2.13. The molecule has 0 bridgehead atoms. The lowest BCUT2D eigenvalue weighted by Gasteiger charge is -2.10. The Kier molecular flexibility index (Phi) is 4.66. The highest BCUT2D eigenvalue weighted by molar-refractivity contribution is 7.89. The van der Waals surface area contributed by atoms with E-state index in [1.165, 1.54) is 10.8 Å². The summed E-state index contributed by atoms with van der Waals surface area (Å²) in [5, 5.41) is 4.08. The van der Waals surface area contributed by atoms with Gasteiger partial charge in [0.15, 0.2) is 11.4 Å². The summed E-state index contributed by atoms with van der Waals surface area (Å²) in [4.78, 5) is 16.0. The molecule has 0 saturated carbocycles. The quantitative estimate of drug-likeness (QED) is 0.701. The maximum Gasteiger partial charge on any atom is 0.239 e. The summed E-state index contributed by atoms with van der Waals surface area (Å²) in [5.74, 6) is -0.120. The number of benzene rings is 1. The summed E-state index contributed by atoms with van der Waals surface area (Å²) in [6, 6.07) is 13.0. The number of rotatable bonds is 6. The number of pyridine rings is 1. The van der Waals surface area contributed by atoms with Gasteiger partial charge in [-0.15, -0.1) is 0 Å². The van der Waals surface area contributed by atoms with Gasteiger partial charge < -0.3 is 4.74 Å². The number of carbonyl (C=O) groups is 1. The van der Waals surface area contributed by atoms with Crippen LogP contribution in [0.3, 0.4) is 0 Å². The van der Waals surface area contributed by atoms with E-state index in [0.29, 0.717) is 23.7 Å². The van der Waals surface area contributed by atoms with Crippen molar-refractivity contribution in [3.8, 4) is 5.75 Å². The Morgan fingerprint density at radius 2 is 1.96 bits per heavy atom. The smallest absolute Gasteiger partial charge is 0.239 e. The minimum Gasteiger partial charge on any atom is -0.485 e. The fraction of sp³-hybridized carbons (Fsp3) is 0.188. The average Bonchev–Trinajstić information content (AvgIpc) is 3.03. The van der Waals surface area contributed by atoms with Gasteiger partial charge in [-0.05, 0) is 17.7 Å². The van der Waals surface area contributed by atoms with Crippen molar-refractivity contribution in [3.05, 3.63) is 60.0 Å². The zero-order chi connectivity index (χ0) is 17.9. The number of hydrogen-bond donors (Lipinski definition) is 1. The Labute approximate surface area is 144 Å². The molecule has 1 amide bonds. The summed E-state index contributed by atoms with van der Waals surface area (Å²) < 4.78 is 31.4. The highest BCUT2D eigenvalue weighted by atomic mass is 32.2. The molecule has 0 saturated heterocycles. The molecule has 25 heavy (non-hydrogen) atoms. The van der Waals surface area contributed by atoms with E-state index in [2.05, 4.69) is 10.1 Å². The second kappa shape index (κ2) is 6.89. The van der Waals surface area contributed by atoms with Crippen LogP contribution in [-0.4, -0.2) is 35.2 Å². The van der Waals surface area contributed by atoms with Crippen LogP contribution in [0.2, 0.25) is 0 Å². The van der Waals surface area contributed by atoms with Crippen molar-refractivity contribution >= 4 is 21.6 Å². The minimum atomic E-state index is -3.60. The Bertz CT molecular complexity index is 999. The third-order valence-electron chi connectivity index (χ3n) is 3.35. The van der Waals surface area contributed by atoms with E-state index in [9.17, 15) is 13.2 Å². The summed E-state index contributed by atoms with van der Waals surface area (Å²) >= 11 is 0. The third-order valence-corrected chi connectivity index (χ3v) is 3.94. The topological polar surface area (TPSA) is 103 Å². The van der Waals surface area contributed by atoms with Crippen molar-refractivity contribution in [2.45, 2.75) is 13.0 Å². The molecule has 2 aromatic heterocycles. The SMILES string of the molecule is CS(=O)(=O)NC(=O)Cc1ccc(OCc2ccccc2)c2ncnn12. The zero-order valence-corrected chi connectivity index (χ0v) is 14.2. The van der Waals surface area contributed by atoms with Gasteiger partial charge in [-0.1, -0.05) is 30.3 Å². The van der Waals surface area contributed by atoms with Crippen LogP contribution in [0.5, 0.6) is 5.75 Å². The van der Waals surface area contributed by atoms with Crippen LogP contribution in [0.25, 0.3) is 5.65 Å². The van der Waals surface area contributed by atoms with E-state index >= 15 is 0 Å². The van der Waals surface area contributed by atoms with Crippen molar-refractivity contribution in [1.82, 2.24) is 19.3 Å². The molecule has 0 radical (unpaired) electrons. The van der Waals surface area contributed by atoms with Crippen molar-refractivity contribution in [1.29, 1.82) is 0 Å². The van der Waals surface area contributed by atoms with Gasteiger partial charge in [-0.3, -0.25) is 9.52 Å². The van der Waals surface area contributed by atoms with Gasteiger partial charge in [0.05, 0.1) is 18.4 Å². The molecule has 0 unspecified atom stereocenters. The summed E-state index contributed by atoms with van der Waals surface area (Å²) in [7, 11) is -3.60. The molecule has 8 nitrogen and oxygen atoms in total. The lowest BCUT2D eigenvalue weighted by Crippen LogP contribution is -2.31. The van der Waals surface area contributed by atoms with Crippen molar-refractivity contribution in [3.63, 3.8) is 0 Å². The molecule has 0 aliphatic carbocycles. The van der Waals surface area contributed by atoms with E-state index in [1.807, 2.05) is 35.1 Å². The van der Waals surface area contributed by atoms with Crippen LogP contribution in [-0.2, 0) is 27.8 Å². The number of ether oxygens (including phenoxy) is 1. The monoisotopic (exact) mass is 360 g/mol. The van der Waals surface area contributed by atoms with Gasteiger partial charge in [-0.25, -0.2) is 17.9 Å². The molecule has 0 aliphatic heterocycles. The van der Waals surface area contributed by atoms with Crippen molar-refractivity contribution in [2.24, 2.45) is 0 Å². The van der Waals surface area contributed by atoms with E-state index in [-0.39, 0.29) is 6.42 Å². The summed E-state index contributed by atoms with van der Waals surface area (Å²) in [6.45, 7) is 0.372. The number of amides is 1. The molecule has 3 aromatic rings. The lowest BCUT2D eigenvalue weighted by atomic mass is 10.2. The Hall–Kier alpha value is -2.94. The van der Waals surface area contributed by atoms with Crippen LogP contribution in [0, 0.1) is 0 Å². The molecule has 1 aromatic carbocycles. The molecule has 0 fully saturated rings. The molecule has 0 atom stereocenters. The third kappa shape index (κ3) is 4.32. The van der Waals surface area contributed by atoms with Crippen LogP contribution in [0.15, 0.2) is 48.8 Å². The fourth-order valence-electron chi connectivity index (χ4n) is 2.33. The maximum absolute atomic E-state index is 11.8. The minimum absolute atomic E-state index is 0.147. The predicted octanol–water partition coefficient (Wildman–Crippen LogP) is 0.927. The standard InChI is InChI=1S/C16H16N4O4S/c1-25(22,23)19-15(21)9-13-7-8-14(16-17-11-18-20(13)16)24-10-12-5-3-2-4-6-12/h2-8,11H,9-10H2,1H3,(H,19,21). The van der Waals surface area contributed by atoms with E-state index in [1.54, 1.807) is 12.1 Å². The van der Waals surface area contributed by atoms with Crippen LogP contribution in [0.1, 0.15) is 11.3 Å². The molecule has 3 rings (SSSR count). The number of sulfonamides is 1. The van der Waals surface area contributed by atoms with Crippen molar-refractivity contribution < 1.29 is 17.9 Å². The molecule has 1 N–H and O–H groups in total. The predicted molar refractivity (Wildman–Crippen MR) is 90.5 cm³/mol. The Balaban J connectivity index is 1.80. The maximum atomic E-state index is 11.8. The first-order chi connectivity index (χ1) is 11.9. The first-order valence-electron chi connectivity index (χ1n) is 7.41. The first-order valence-corrected chi connectivity index (χ1v) is 9.30. The van der Waals surface area contributed by atoms with Crippen LogP contribution in [0.4, 0.5) is 0 Å². The first kappa shape index (κ1) is 16.9. The van der Waals surface area contributed by atoms with Gasteiger partial charge >= 0.3 is 0 Å². The fourth-order valence-corrected chi connectivity index (χ4v) is 2.81. The number of aromatic nitrogens is 3. The molecule has 130 valence electrons. The number of fused-ring (bicyclic) bond motifs is 1. The molecule has 0 aliphatic rings. The van der Waals surface area contributed by atoms with Gasteiger partial charge in [0.1, 0.15) is 12.9 Å². The molecular formula is C16H16N4O4S. The average molecular weight is 360 g/mol. The highest BCUT2D eigenvalue weighted by Crippen LogP contribution is 2.20. The van der Waals surface area contributed by atoms with E-state index in [0.717, 1.165) is 11.8 Å². The molecular weight excluding hydrogens is 344 g/mol. The van der Waals surface area contributed by atoms with Gasteiger partial charge in [0.2, 0.25) is 15.9 Å². The molecule has 2 heterocycles. The van der Waals surface area contributed by atoms with E-state index < -0.39 is 15.9 Å². The Morgan fingerprint density at radius 3 is 2.68 bits per heavy atom. The second-order valence-electron chi connectivity index (χ2n) is 5.43. The normalized spacial score (nSPS) is 11.4. The number of nitrogens with one attached hydrogen (secondary N) is 1. The van der Waals surface area contributed by atoms with Crippen molar-refractivity contribution in [2.75, 3.05) is 6.26 Å². The second-order valence-corrected chi connectivity index (χ2v) is 7.18. The van der Waals surface area contributed by atoms with Crippen LogP contribution >= 0.6 is 0 Å². The van der Waals surface area contributed by atoms with E-state index in [4.69, 9.17) is 4.74 Å². The Morgan fingerprint density at radius 1 is 1.20 bits per heavy atom. The zero-order valence-electron chi connectivity index (χ0n) is 13.4. The lowest BCUT2D eigenvalue weighted by molar-refractivity contribution is -0.118. The van der Waals surface area contributed by atoms with Gasteiger partial charge in [-0.2, -0.15) is 5.10 Å². The molecule has 9 heteroatoms.